The van der Waals surface area contributed by atoms with Crippen LogP contribution >= 0.6 is 0 Å². The molecule has 0 bridgehead atoms. The Hall–Kier alpha value is -3.42. The molecule has 0 fully saturated rings. The van der Waals surface area contributed by atoms with E-state index >= 15 is 0 Å². The van der Waals surface area contributed by atoms with Gasteiger partial charge in [-0.15, -0.1) is 0 Å². The number of aromatic nitrogens is 2. The summed E-state index contributed by atoms with van der Waals surface area (Å²) in [5, 5.41) is 6.09. The van der Waals surface area contributed by atoms with Crippen LogP contribution in [0.25, 0.3) is 0 Å². The minimum Gasteiger partial charge on any atom is -0.493 e. The molecule has 8 heteroatoms. The summed E-state index contributed by atoms with van der Waals surface area (Å²) >= 11 is 0. The molecule has 1 heterocycles. The minimum absolute atomic E-state index is 0.279. The fourth-order valence-corrected chi connectivity index (χ4v) is 2.60. The third-order valence-electron chi connectivity index (χ3n) is 3.95. The maximum atomic E-state index is 13.4. The molecule has 0 spiro atoms. The first-order valence-corrected chi connectivity index (χ1v) is 8.51. The Labute approximate surface area is 161 Å². The third-order valence-corrected chi connectivity index (χ3v) is 3.95. The van der Waals surface area contributed by atoms with E-state index in [0.29, 0.717) is 29.5 Å². The first kappa shape index (κ1) is 19.3. The Kier molecular flexibility index (Phi) is 5.88. The molecule has 2 N–H and O–H groups in total. The van der Waals surface area contributed by atoms with Crippen LogP contribution in [0, 0.1) is 18.6 Å². The number of rotatable bonds is 7. The Morgan fingerprint density at radius 2 is 1.68 bits per heavy atom. The number of aryl methyl sites for hydroxylation is 1. The molecule has 3 aromatic rings. The van der Waals surface area contributed by atoms with E-state index in [-0.39, 0.29) is 5.95 Å². The van der Waals surface area contributed by atoms with Crippen LogP contribution < -0.4 is 20.1 Å². The van der Waals surface area contributed by atoms with Crippen LogP contribution in [0.15, 0.2) is 42.5 Å². The molecule has 0 radical (unpaired) electrons. The van der Waals surface area contributed by atoms with Gasteiger partial charge in [0.05, 0.1) is 14.2 Å². The number of nitrogens with one attached hydrogen (secondary N) is 2. The molecule has 0 aliphatic carbocycles. The summed E-state index contributed by atoms with van der Waals surface area (Å²) in [5.74, 6) is 0.314. The molecule has 3 rings (SSSR count). The molecule has 6 nitrogen and oxygen atoms in total. The van der Waals surface area contributed by atoms with E-state index in [9.17, 15) is 8.78 Å². The molecule has 0 unspecified atom stereocenters. The van der Waals surface area contributed by atoms with Crippen LogP contribution in [-0.2, 0) is 6.54 Å². The van der Waals surface area contributed by atoms with Gasteiger partial charge in [0.15, 0.2) is 23.1 Å². The number of nitrogens with zero attached hydrogens (tertiary/aromatic N) is 2. The first-order valence-electron chi connectivity index (χ1n) is 8.51. The van der Waals surface area contributed by atoms with E-state index < -0.39 is 11.6 Å². The van der Waals surface area contributed by atoms with Gasteiger partial charge in [-0.1, -0.05) is 6.07 Å². The maximum Gasteiger partial charge on any atom is 0.229 e. The summed E-state index contributed by atoms with van der Waals surface area (Å²) in [6, 6.07) is 10.9. The predicted molar refractivity (Wildman–Crippen MR) is 103 cm³/mol. The second-order valence-electron chi connectivity index (χ2n) is 6.01. The maximum absolute atomic E-state index is 13.4. The van der Waals surface area contributed by atoms with Crippen molar-refractivity contribution < 1.29 is 18.3 Å². The van der Waals surface area contributed by atoms with Gasteiger partial charge in [0.2, 0.25) is 5.95 Å². The van der Waals surface area contributed by atoms with E-state index in [4.69, 9.17) is 9.47 Å². The number of benzene rings is 2. The zero-order chi connectivity index (χ0) is 20.1. The van der Waals surface area contributed by atoms with Crippen LogP contribution in [0.1, 0.15) is 11.3 Å². The van der Waals surface area contributed by atoms with Gasteiger partial charge >= 0.3 is 0 Å². The monoisotopic (exact) mass is 386 g/mol. The molecule has 2 aromatic carbocycles. The van der Waals surface area contributed by atoms with Crippen molar-refractivity contribution in [2.45, 2.75) is 13.5 Å². The summed E-state index contributed by atoms with van der Waals surface area (Å²) in [6.45, 7) is 2.32. The molecular weight excluding hydrogens is 366 g/mol. The van der Waals surface area contributed by atoms with Gasteiger partial charge < -0.3 is 20.1 Å². The van der Waals surface area contributed by atoms with Crippen molar-refractivity contribution in [2.75, 3.05) is 24.9 Å². The smallest absolute Gasteiger partial charge is 0.229 e. The largest absolute Gasteiger partial charge is 0.493 e. The molecule has 0 saturated heterocycles. The summed E-state index contributed by atoms with van der Waals surface area (Å²) in [5.41, 5.74) is 2.05. The Morgan fingerprint density at radius 3 is 2.39 bits per heavy atom. The lowest BCUT2D eigenvalue weighted by molar-refractivity contribution is 0.354. The van der Waals surface area contributed by atoms with Gasteiger partial charge in [-0.25, -0.2) is 13.8 Å². The molecule has 0 atom stereocenters. The second kappa shape index (κ2) is 8.51. The van der Waals surface area contributed by atoms with Gasteiger partial charge in [-0.05, 0) is 36.8 Å². The van der Waals surface area contributed by atoms with E-state index in [0.717, 1.165) is 23.4 Å². The molecule has 0 saturated carbocycles. The lowest BCUT2D eigenvalue weighted by Gasteiger charge is -2.12. The number of hydrogen-bond acceptors (Lipinski definition) is 6. The average Bonchev–Trinajstić information content (AvgIpc) is 2.68. The van der Waals surface area contributed by atoms with Crippen molar-refractivity contribution in [3.05, 3.63) is 65.4 Å². The number of halogens is 2. The molecule has 0 aliphatic rings. The normalized spacial score (nSPS) is 10.5. The van der Waals surface area contributed by atoms with Crippen LogP contribution in [0.5, 0.6) is 11.5 Å². The van der Waals surface area contributed by atoms with E-state index in [1.54, 1.807) is 20.3 Å². The zero-order valence-electron chi connectivity index (χ0n) is 15.7. The zero-order valence-corrected chi connectivity index (χ0v) is 15.7. The summed E-state index contributed by atoms with van der Waals surface area (Å²) < 4.78 is 37.0. The van der Waals surface area contributed by atoms with Crippen molar-refractivity contribution in [2.24, 2.45) is 0 Å². The van der Waals surface area contributed by atoms with E-state index in [2.05, 4.69) is 20.6 Å². The topological polar surface area (TPSA) is 68.3 Å². The van der Waals surface area contributed by atoms with Gasteiger partial charge in [-0.3, -0.25) is 0 Å². The fourth-order valence-electron chi connectivity index (χ4n) is 2.60. The standard InChI is InChI=1S/C20H20F2N4O2/c1-12-8-19(23-11-13-4-7-17(27-2)18(9-13)28-3)26-20(24-12)25-14-5-6-15(21)16(22)10-14/h4-10H,11H2,1-3H3,(H2,23,24,25,26). The average molecular weight is 386 g/mol. The lowest BCUT2D eigenvalue weighted by atomic mass is 10.2. The highest BCUT2D eigenvalue weighted by Gasteiger charge is 2.08. The fraction of sp³-hybridized carbons (Fsp3) is 0.200. The van der Waals surface area contributed by atoms with Crippen molar-refractivity contribution in [3.63, 3.8) is 0 Å². The minimum atomic E-state index is -0.940. The highest BCUT2D eigenvalue weighted by Crippen LogP contribution is 2.28. The Morgan fingerprint density at radius 1 is 0.893 bits per heavy atom. The van der Waals surface area contributed by atoms with Crippen molar-refractivity contribution in [3.8, 4) is 11.5 Å². The van der Waals surface area contributed by atoms with Crippen molar-refractivity contribution in [1.29, 1.82) is 0 Å². The third kappa shape index (κ3) is 4.64. The molecule has 1 aromatic heterocycles. The molecule has 28 heavy (non-hydrogen) atoms. The molecule has 146 valence electrons. The van der Waals surface area contributed by atoms with Crippen LogP contribution in [0.2, 0.25) is 0 Å². The van der Waals surface area contributed by atoms with Crippen molar-refractivity contribution >= 4 is 17.5 Å². The van der Waals surface area contributed by atoms with Crippen molar-refractivity contribution in [1.82, 2.24) is 9.97 Å². The lowest BCUT2D eigenvalue weighted by Crippen LogP contribution is -2.06. The second-order valence-corrected chi connectivity index (χ2v) is 6.01. The summed E-state index contributed by atoms with van der Waals surface area (Å²) in [4.78, 5) is 8.64. The summed E-state index contributed by atoms with van der Waals surface area (Å²) in [6.07, 6.45) is 0. The first-order chi connectivity index (χ1) is 13.5. The van der Waals surface area contributed by atoms with E-state index in [1.165, 1.54) is 6.07 Å². The van der Waals surface area contributed by atoms with E-state index in [1.807, 2.05) is 25.1 Å². The summed E-state index contributed by atoms with van der Waals surface area (Å²) in [7, 11) is 3.17. The quantitative estimate of drug-likeness (QED) is 0.626. The number of ether oxygens (including phenoxy) is 2. The van der Waals surface area contributed by atoms with Gasteiger partial charge in [0, 0.05) is 30.1 Å². The molecule has 0 aliphatic heterocycles. The number of methoxy groups -OCH3 is 2. The van der Waals surface area contributed by atoms with Gasteiger partial charge in [0.25, 0.3) is 0 Å². The van der Waals surface area contributed by atoms with Gasteiger partial charge in [0.1, 0.15) is 5.82 Å². The number of hydrogen-bond donors (Lipinski definition) is 2. The van der Waals surface area contributed by atoms with Crippen LogP contribution in [0.4, 0.5) is 26.2 Å². The highest BCUT2D eigenvalue weighted by molar-refractivity contribution is 5.55. The van der Waals surface area contributed by atoms with Gasteiger partial charge in [-0.2, -0.15) is 4.98 Å². The Bertz CT molecular complexity index is 982. The SMILES string of the molecule is COc1ccc(CNc2cc(C)nc(Nc3ccc(F)c(F)c3)n2)cc1OC. The molecular formula is C20H20F2N4O2. The van der Waals surface area contributed by atoms with Crippen LogP contribution in [0.3, 0.4) is 0 Å². The molecule has 0 amide bonds. The highest BCUT2D eigenvalue weighted by atomic mass is 19.2. The predicted octanol–water partition coefficient (Wildman–Crippen LogP) is 4.44. The Balaban J connectivity index is 1.73. The number of anilines is 3. The van der Waals surface area contributed by atoms with Crippen LogP contribution in [-0.4, -0.2) is 24.2 Å².